The maximum Gasteiger partial charge on any atom is 0.254 e. The van der Waals surface area contributed by atoms with Crippen LogP contribution in [0.25, 0.3) is 11.3 Å². The van der Waals surface area contributed by atoms with E-state index in [1.54, 1.807) is 6.07 Å². The molecule has 0 bridgehead atoms. The first-order valence-corrected chi connectivity index (χ1v) is 7.69. The van der Waals surface area contributed by atoms with E-state index in [-0.39, 0.29) is 5.56 Å². The van der Waals surface area contributed by atoms with Crippen molar-refractivity contribution in [3.05, 3.63) is 50.1 Å². The topological polar surface area (TPSA) is 34.9 Å². The third kappa shape index (κ3) is 2.59. The lowest BCUT2D eigenvalue weighted by Crippen LogP contribution is -2.24. The zero-order chi connectivity index (χ0) is 13.2. The molecule has 2 heterocycles. The summed E-state index contributed by atoms with van der Waals surface area (Å²) in [5.41, 5.74) is 1.94. The van der Waals surface area contributed by atoms with Crippen molar-refractivity contribution < 1.29 is 0 Å². The Kier molecular flexibility index (Phi) is 3.68. The number of halogens is 1. The Bertz CT molecular complexity index is 663. The van der Waals surface area contributed by atoms with Crippen molar-refractivity contribution in [1.82, 2.24) is 9.55 Å². The second kappa shape index (κ2) is 5.45. The van der Waals surface area contributed by atoms with Crippen molar-refractivity contribution in [1.29, 1.82) is 0 Å². The van der Waals surface area contributed by atoms with Gasteiger partial charge in [-0.1, -0.05) is 24.6 Å². The molecular formula is C15H15IN2O. The second-order valence-electron chi connectivity index (χ2n) is 4.84. The molecule has 0 saturated carbocycles. The van der Waals surface area contributed by atoms with Gasteiger partial charge in [0.2, 0.25) is 0 Å². The summed E-state index contributed by atoms with van der Waals surface area (Å²) in [6.45, 7) is 0.813. The van der Waals surface area contributed by atoms with E-state index in [0.29, 0.717) is 0 Å². The summed E-state index contributed by atoms with van der Waals surface area (Å²) in [5.74, 6) is 0.944. The predicted octanol–water partition coefficient (Wildman–Crippen LogP) is 3.24. The maximum absolute atomic E-state index is 12.2. The largest absolute Gasteiger partial charge is 0.297 e. The van der Waals surface area contributed by atoms with Crippen LogP contribution in [0.2, 0.25) is 0 Å². The van der Waals surface area contributed by atoms with Gasteiger partial charge in [-0.15, -0.1) is 0 Å². The fourth-order valence-corrected chi connectivity index (χ4v) is 3.18. The molecule has 19 heavy (non-hydrogen) atoms. The third-order valence-electron chi connectivity index (χ3n) is 3.52. The highest BCUT2D eigenvalue weighted by molar-refractivity contribution is 14.1. The van der Waals surface area contributed by atoms with Crippen LogP contribution in [0.4, 0.5) is 0 Å². The molecule has 0 spiro atoms. The van der Waals surface area contributed by atoms with Gasteiger partial charge in [-0.2, -0.15) is 0 Å². The van der Waals surface area contributed by atoms with E-state index in [1.165, 1.54) is 6.42 Å². The van der Waals surface area contributed by atoms with Crippen LogP contribution in [0.3, 0.4) is 0 Å². The molecule has 3 rings (SSSR count). The van der Waals surface area contributed by atoms with Crippen LogP contribution < -0.4 is 5.56 Å². The van der Waals surface area contributed by atoms with Gasteiger partial charge in [-0.05, 0) is 41.5 Å². The maximum atomic E-state index is 12.2. The molecular weight excluding hydrogens is 351 g/mol. The van der Waals surface area contributed by atoms with Crippen LogP contribution in [0.15, 0.2) is 35.1 Å². The molecule has 98 valence electrons. The van der Waals surface area contributed by atoms with Crippen LogP contribution in [0, 0.1) is 3.57 Å². The van der Waals surface area contributed by atoms with Crippen LogP contribution >= 0.6 is 22.6 Å². The Labute approximate surface area is 125 Å². The van der Waals surface area contributed by atoms with Gasteiger partial charge in [-0.25, -0.2) is 4.98 Å². The van der Waals surface area contributed by atoms with Crippen LogP contribution in [0.5, 0.6) is 0 Å². The molecule has 0 N–H and O–H groups in total. The number of nitrogens with zero attached hydrogens (tertiary/aromatic N) is 2. The molecule has 1 aliphatic heterocycles. The van der Waals surface area contributed by atoms with E-state index >= 15 is 0 Å². The molecule has 0 fully saturated rings. The Morgan fingerprint density at radius 1 is 1.16 bits per heavy atom. The summed E-state index contributed by atoms with van der Waals surface area (Å²) in [7, 11) is 0. The molecule has 0 aliphatic carbocycles. The molecule has 3 nitrogen and oxygen atoms in total. The number of fused-ring (bicyclic) bond motifs is 1. The van der Waals surface area contributed by atoms with Crippen molar-refractivity contribution in [2.45, 2.75) is 32.2 Å². The SMILES string of the molecule is O=c1cc(-c2ccccc2I)nc2n1CCCCC2. The molecule has 4 heteroatoms. The smallest absolute Gasteiger partial charge is 0.254 e. The van der Waals surface area contributed by atoms with Gasteiger partial charge in [-0.3, -0.25) is 9.36 Å². The number of rotatable bonds is 1. The van der Waals surface area contributed by atoms with Gasteiger partial charge in [0.15, 0.2) is 0 Å². The molecule has 0 saturated heterocycles. The van der Waals surface area contributed by atoms with Crippen molar-refractivity contribution in [3.8, 4) is 11.3 Å². The van der Waals surface area contributed by atoms with Gasteiger partial charge < -0.3 is 0 Å². The first-order chi connectivity index (χ1) is 9.25. The van der Waals surface area contributed by atoms with Crippen molar-refractivity contribution >= 4 is 22.6 Å². The number of hydrogen-bond donors (Lipinski definition) is 0. The van der Waals surface area contributed by atoms with Gasteiger partial charge in [0.05, 0.1) is 5.69 Å². The average Bonchev–Trinajstić information content (AvgIpc) is 2.65. The van der Waals surface area contributed by atoms with E-state index in [4.69, 9.17) is 4.98 Å². The summed E-state index contributed by atoms with van der Waals surface area (Å²) in [6, 6.07) is 9.73. The van der Waals surface area contributed by atoms with E-state index in [0.717, 1.165) is 46.5 Å². The molecule has 1 aromatic carbocycles. The summed E-state index contributed by atoms with van der Waals surface area (Å²) in [6.07, 6.45) is 4.30. The molecule has 1 aromatic heterocycles. The minimum atomic E-state index is 0.0848. The van der Waals surface area contributed by atoms with Crippen molar-refractivity contribution in [2.75, 3.05) is 0 Å². The molecule has 0 radical (unpaired) electrons. The van der Waals surface area contributed by atoms with Crippen LogP contribution in [0.1, 0.15) is 25.1 Å². The van der Waals surface area contributed by atoms with E-state index in [9.17, 15) is 4.79 Å². The lowest BCUT2D eigenvalue weighted by atomic mass is 10.1. The van der Waals surface area contributed by atoms with Gasteiger partial charge in [0.25, 0.3) is 5.56 Å². The summed E-state index contributed by atoms with van der Waals surface area (Å²) >= 11 is 2.29. The Hall–Kier alpha value is -1.17. The minimum Gasteiger partial charge on any atom is -0.297 e. The van der Waals surface area contributed by atoms with E-state index in [2.05, 4.69) is 22.6 Å². The summed E-state index contributed by atoms with van der Waals surface area (Å²) in [5, 5.41) is 0. The predicted molar refractivity (Wildman–Crippen MR) is 84.2 cm³/mol. The second-order valence-corrected chi connectivity index (χ2v) is 6.00. The van der Waals surface area contributed by atoms with E-state index in [1.807, 2.05) is 28.8 Å². The number of aryl methyl sites for hydroxylation is 1. The van der Waals surface area contributed by atoms with Gasteiger partial charge in [0.1, 0.15) is 5.82 Å². The Morgan fingerprint density at radius 2 is 2.00 bits per heavy atom. The average molecular weight is 366 g/mol. The van der Waals surface area contributed by atoms with E-state index < -0.39 is 0 Å². The molecule has 2 aromatic rings. The first-order valence-electron chi connectivity index (χ1n) is 6.61. The standard InChI is InChI=1S/C15H15IN2O/c16-12-7-4-3-6-11(12)13-10-15(19)18-9-5-1-2-8-14(18)17-13/h3-4,6-7,10H,1-2,5,8-9H2. The molecule has 0 unspecified atom stereocenters. The highest BCUT2D eigenvalue weighted by Crippen LogP contribution is 2.23. The molecule has 0 atom stereocenters. The molecule has 1 aliphatic rings. The lowest BCUT2D eigenvalue weighted by molar-refractivity contribution is 0.609. The van der Waals surface area contributed by atoms with Gasteiger partial charge in [0, 0.05) is 28.2 Å². The highest BCUT2D eigenvalue weighted by atomic mass is 127. The zero-order valence-corrected chi connectivity index (χ0v) is 12.8. The van der Waals surface area contributed by atoms with Gasteiger partial charge >= 0.3 is 0 Å². The lowest BCUT2D eigenvalue weighted by Gasteiger charge is -2.11. The van der Waals surface area contributed by atoms with Crippen molar-refractivity contribution in [3.63, 3.8) is 0 Å². The number of aromatic nitrogens is 2. The Balaban J connectivity index is 2.15. The van der Waals surface area contributed by atoms with Crippen LogP contribution in [-0.4, -0.2) is 9.55 Å². The Morgan fingerprint density at radius 3 is 2.84 bits per heavy atom. The van der Waals surface area contributed by atoms with Crippen molar-refractivity contribution in [2.24, 2.45) is 0 Å². The highest BCUT2D eigenvalue weighted by Gasteiger charge is 2.13. The molecule has 0 amide bonds. The first kappa shape index (κ1) is 12.8. The number of benzene rings is 1. The monoisotopic (exact) mass is 366 g/mol. The summed E-state index contributed by atoms with van der Waals surface area (Å²) in [4.78, 5) is 17.0. The quantitative estimate of drug-likeness (QED) is 0.727. The normalized spacial score (nSPS) is 14.8. The third-order valence-corrected chi connectivity index (χ3v) is 4.46. The fourth-order valence-electron chi connectivity index (χ4n) is 2.52. The zero-order valence-electron chi connectivity index (χ0n) is 10.6. The fraction of sp³-hybridized carbons (Fsp3) is 0.333. The number of hydrogen-bond acceptors (Lipinski definition) is 2. The van der Waals surface area contributed by atoms with Crippen LogP contribution in [-0.2, 0) is 13.0 Å². The minimum absolute atomic E-state index is 0.0848. The summed E-state index contributed by atoms with van der Waals surface area (Å²) < 4.78 is 2.97.